The SMILES string of the molecule is CSCC[C@H](NC(=O)OC(C)(C)C)C(=O)N[C@@H](Cc1c[nH]c2ccccc12)C(=O)OCc1ccccc1. The number of alkyl carbamates (subject to hydrolysis) is 1. The molecule has 0 spiro atoms. The van der Waals surface area contributed by atoms with Crippen LogP contribution in [0.15, 0.2) is 60.8 Å². The molecule has 0 unspecified atom stereocenters. The van der Waals surface area contributed by atoms with Crippen molar-refractivity contribution in [2.45, 2.75) is 57.9 Å². The van der Waals surface area contributed by atoms with Crippen molar-refractivity contribution in [3.8, 4) is 0 Å². The largest absolute Gasteiger partial charge is 0.459 e. The van der Waals surface area contributed by atoms with Crippen molar-refractivity contribution < 1.29 is 23.9 Å². The third-order valence-electron chi connectivity index (χ3n) is 5.54. The molecule has 0 aliphatic carbocycles. The minimum atomic E-state index is -0.951. The van der Waals surface area contributed by atoms with Gasteiger partial charge in [-0.2, -0.15) is 11.8 Å². The molecular weight excluding hydrogens is 490 g/mol. The van der Waals surface area contributed by atoms with Crippen LogP contribution in [0.4, 0.5) is 4.79 Å². The minimum Gasteiger partial charge on any atom is -0.459 e. The second kappa shape index (κ2) is 13.2. The molecule has 3 rings (SSSR count). The van der Waals surface area contributed by atoms with E-state index < -0.39 is 35.7 Å². The molecule has 0 radical (unpaired) electrons. The van der Waals surface area contributed by atoms with Gasteiger partial charge in [-0.1, -0.05) is 48.5 Å². The Kier molecular flexibility index (Phi) is 10.0. The average molecular weight is 526 g/mol. The van der Waals surface area contributed by atoms with Crippen LogP contribution in [0, 0.1) is 0 Å². The fourth-order valence-electron chi connectivity index (χ4n) is 3.77. The summed E-state index contributed by atoms with van der Waals surface area (Å²) in [5.74, 6) is -0.385. The predicted molar refractivity (Wildman–Crippen MR) is 146 cm³/mol. The van der Waals surface area contributed by atoms with Crippen molar-refractivity contribution in [1.82, 2.24) is 15.6 Å². The zero-order valence-corrected chi connectivity index (χ0v) is 22.5. The highest BCUT2D eigenvalue weighted by molar-refractivity contribution is 7.98. The summed E-state index contributed by atoms with van der Waals surface area (Å²) in [6.07, 6.45) is 3.67. The summed E-state index contributed by atoms with van der Waals surface area (Å²) >= 11 is 1.56. The molecule has 3 aromatic rings. The number of carbonyl (C=O) groups is 3. The number of ether oxygens (including phenoxy) is 2. The van der Waals surface area contributed by atoms with Crippen LogP contribution in [0.1, 0.15) is 38.3 Å². The number of thioether (sulfide) groups is 1. The van der Waals surface area contributed by atoms with Gasteiger partial charge >= 0.3 is 12.1 Å². The number of esters is 1. The monoisotopic (exact) mass is 525 g/mol. The number of fused-ring (bicyclic) bond motifs is 1. The zero-order valence-electron chi connectivity index (χ0n) is 21.7. The van der Waals surface area contributed by atoms with Gasteiger partial charge in [-0.15, -0.1) is 0 Å². The van der Waals surface area contributed by atoms with Gasteiger partial charge in [-0.05, 0) is 56.4 Å². The number of rotatable bonds is 11. The van der Waals surface area contributed by atoms with E-state index >= 15 is 0 Å². The summed E-state index contributed by atoms with van der Waals surface area (Å²) < 4.78 is 10.9. The Bertz CT molecular complexity index is 1190. The molecule has 3 N–H and O–H groups in total. The van der Waals surface area contributed by atoms with Crippen molar-refractivity contribution in [3.63, 3.8) is 0 Å². The van der Waals surface area contributed by atoms with E-state index in [1.807, 2.05) is 67.0 Å². The number of hydrogen-bond acceptors (Lipinski definition) is 6. The molecule has 8 nitrogen and oxygen atoms in total. The lowest BCUT2D eigenvalue weighted by Crippen LogP contribution is -2.53. The molecule has 0 aliphatic heterocycles. The molecule has 9 heteroatoms. The first-order valence-electron chi connectivity index (χ1n) is 12.2. The maximum absolute atomic E-state index is 13.3. The number of amides is 2. The molecule has 0 saturated carbocycles. The van der Waals surface area contributed by atoms with Crippen molar-refractivity contribution in [2.75, 3.05) is 12.0 Å². The molecule has 37 heavy (non-hydrogen) atoms. The Hall–Kier alpha value is -3.46. The van der Waals surface area contributed by atoms with Crippen molar-refractivity contribution in [2.24, 2.45) is 0 Å². The molecule has 2 amide bonds. The summed E-state index contributed by atoms with van der Waals surface area (Å²) in [5, 5.41) is 6.44. The predicted octanol–water partition coefficient (Wildman–Crippen LogP) is 4.59. The topological polar surface area (TPSA) is 110 Å². The van der Waals surface area contributed by atoms with E-state index in [-0.39, 0.29) is 13.0 Å². The van der Waals surface area contributed by atoms with Crippen LogP contribution in [-0.2, 0) is 32.1 Å². The molecule has 0 fully saturated rings. The summed E-state index contributed by atoms with van der Waals surface area (Å²) in [4.78, 5) is 42.1. The first kappa shape index (κ1) is 28.1. The van der Waals surface area contributed by atoms with Crippen molar-refractivity contribution in [1.29, 1.82) is 0 Å². The maximum Gasteiger partial charge on any atom is 0.408 e. The summed E-state index contributed by atoms with van der Waals surface area (Å²) in [7, 11) is 0. The molecule has 1 aromatic heterocycles. The van der Waals surface area contributed by atoms with E-state index in [0.717, 1.165) is 22.0 Å². The number of hydrogen-bond donors (Lipinski definition) is 3. The second-order valence-corrected chi connectivity index (χ2v) is 10.7. The smallest absolute Gasteiger partial charge is 0.408 e. The maximum atomic E-state index is 13.3. The minimum absolute atomic E-state index is 0.0893. The lowest BCUT2D eigenvalue weighted by molar-refractivity contribution is -0.149. The van der Waals surface area contributed by atoms with Crippen LogP contribution in [0.2, 0.25) is 0 Å². The standard InChI is InChI=1S/C28H35N3O5S/c1-28(2,3)36-27(34)31-23(14-15-37-4)25(32)30-24(26(33)35-18-19-10-6-5-7-11-19)16-20-17-29-22-13-9-8-12-21(20)22/h5-13,17,23-24,29H,14-16,18H2,1-4H3,(H,30,32)(H,31,34)/t23-,24-/m0/s1. The van der Waals surface area contributed by atoms with E-state index in [2.05, 4.69) is 15.6 Å². The van der Waals surface area contributed by atoms with E-state index in [9.17, 15) is 14.4 Å². The molecule has 198 valence electrons. The number of benzene rings is 2. The average Bonchev–Trinajstić information content (AvgIpc) is 3.27. The highest BCUT2D eigenvalue weighted by Crippen LogP contribution is 2.20. The molecule has 2 atom stereocenters. The van der Waals surface area contributed by atoms with Gasteiger partial charge in [0, 0.05) is 23.5 Å². The Morgan fingerprint density at radius 3 is 2.38 bits per heavy atom. The third-order valence-corrected chi connectivity index (χ3v) is 6.19. The molecule has 0 aliphatic rings. The van der Waals surface area contributed by atoms with Gasteiger partial charge in [0.25, 0.3) is 0 Å². The first-order chi connectivity index (χ1) is 17.7. The lowest BCUT2D eigenvalue weighted by Gasteiger charge is -2.25. The van der Waals surface area contributed by atoms with Gasteiger partial charge in [-0.3, -0.25) is 4.79 Å². The first-order valence-corrected chi connectivity index (χ1v) is 13.6. The van der Waals surface area contributed by atoms with Crippen LogP contribution in [0.25, 0.3) is 10.9 Å². The molecule has 0 bridgehead atoms. The molecule has 0 saturated heterocycles. The van der Waals surface area contributed by atoms with Crippen LogP contribution >= 0.6 is 11.8 Å². The van der Waals surface area contributed by atoms with E-state index in [0.29, 0.717) is 12.2 Å². The molecule has 1 heterocycles. The number of aromatic amines is 1. The fraction of sp³-hybridized carbons (Fsp3) is 0.393. The number of para-hydroxylation sites is 1. The van der Waals surface area contributed by atoms with Gasteiger partial charge in [0.2, 0.25) is 5.91 Å². The highest BCUT2D eigenvalue weighted by atomic mass is 32.2. The summed E-state index contributed by atoms with van der Waals surface area (Å²) in [5.41, 5.74) is 1.95. The summed E-state index contributed by atoms with van der Waals surface area (Å²) in [6.45, 7) is 5.35. The van der Waals surface area contributed by atoms with E-state index in [1.54, 1.807) is 32.5 Å². The number of H-pyrrole nitrogens is 1. The third kappa shape index (κ3) is 8.86. The van der Waals surface area contributed by atoms with Gasteiger partial charge in [-0.25, -0.2) is 9.59 Å². The van der Waals surface area contributed by atoms with E-state index in [1.165, 1.54) is 0 Å². The highest BCUT2D eigenvalue weighted by Gasteiger charge is 2.29. The van der Waals surface area contributed by atoms with E-state index in [4.69, 9.17) is 9.47 Å². The van der Waals surface area contributed by atoms with Gasteiger partial charge in [0.15, 0.2) is 0 Å². The lowest BCUT2D eigenvalue weighted by atomic mass is 10.0. The van der Waals surface area contributed by atoms with Crippen LogP contribution < -0.4 is 10.6 Å². The van der Waals surface area contributed by atoms with Gasteiger partial charge in [0.1, 0.15) is 24.3 Å². The Balaban J connectivity index is 1.78. The van der Waals surface area contributed by atoms with Gasteiger partial charge < -0.3 is 25.1 Å². The van der Waals surface area contributed by atoms with Crippen LogP contribution in [0.5, 0.6) is 0 Å². The van der Waals surface area contributed by atoms with Crippen molar-refractivity contribution in [3.05, 3.63) is 71.9 Å². The Morgan fingerprint density at radius 2 is 1.68 bits per heavy atom. The summed E-state index contributed by atoms with van der Waals surface area (Å²) in [6, 6.07) is 15.3. The number of nitrogens with one attached hydrogen (secondary N) is 3. The van der Waals surface area contributed by atoms with Crippen LogP contribution in [-0.4, -0.2) is 52.6 Å². The molecular formula is C28H35N3O5S. The quantitative estimate of drug-likeness (QED) is 0.316. The fourth-order valence-corrected chi connectivity index (χ4v) is 4.24. The number of aromatic nitrogens is 1. The van der Waals surface area contributed by atoms with Crippen molar-refractivity contribution >= 4 is 40.6 Å². The Morgan fingerprint density at radius 1 is 0.973 bits per heavy atom. The zero-order chi connectivity index (χ0) is 26.8. The van der Waals surface area contributed by atoms with Gasteiger partial charge in [0.05, 0.1) is 0 Å². The molecule has 2 aromatic carbocycles. The second-order valence-electron chi connectivity index (χ2n) is 9.70. The Labute approximate surface area is 221 Å². The normalized spacial score (nSPS) is 13.0. The van der Waals surface area contributed by atoms with Crippen LogP contribution in [0.3, 0.4) is 0 Å². The number of carbonyl (C=O) groups excluding carboxylic acids is 3.